The molecule has 0 aliphatic heterocycles. The van der Waals surface area contributed by atoms with Crippen molar-refractivity contribution < 1.29 is 4.74 Å². The zero-order valence-electron chi connectivity index (χ0n) is 8.34. The smallest absolute Gasteiger partial charge is 0.0601 e. The third-order valence-electron chi connectivity index (χ3n) is 2.42. The van der Waals surface area contributed by atoms with Crippen molar-refractivity contribution >= 4 is 0 Å². The molecule has 1 aliphatic carbocycles. The van der Waals surface area contributed by atoms with E-state index in [0.29, 0.717) is 12.1 Å². The number of hydrogen-bond acceptors (Lipinski definition) is 3. The minimum Gasteiger partial charge on any atom is -0.381 e. The Morgan fingerprint density at radius 3 is 2.58 bits per heavy atom. The quantitative estimate of drug-likeness (QED) is 0.646. The second-order valence-electron chi connectivity index (χ2n) is 3.78. The first-order valence-corrected chi connectivity index (χ1v) is 4.63. The number of rotatable bonds is 5. The molecule has 72 valence electrons. The van der Waals surface area contributed by atoms with Crippen LogP contribution in [0.1, 0.15) is 12.8 Å². The lowest BCUT2D eigenvalue weighted by molar-refractivity contribution is 0.0172. The van der Waals surface area contributed by atoms with E-state index < -0.39 is 0 Å². The predicted octanol–water partition coefficient (Wildman–Crippen LogP) is 0.315. The maximum Gasteiger partial charge on any atom is 0.0601 e. The van der Waals surface area contributed by atoms with Crippen LogP contribution >= 0.6 is 0 Å². The first-order chi connectivity index (χ1) is 5.72. The molecule has 0 spiro atoms. The van der Waals surface area contributed by atoms with Gasteiger partial charge in [0.25, 0.3) is 0 Å². The van der Waals surface area contributed by atoms with E-state index in [1.807, 2.05) is 0 Å². The maximum atomic E-state index is 5.19. The molecule has 3 nitrogen and oxygen atoms in total. The second-order valence-corrected chi connectivity index (χ2v) is 3.78. The fraction of sp³-hybridized carbons (Fsp3) is 1.00. The van der Waals surface area contributed by atoms with Crippen molar-refractivity contribution in [2.24, 2.45) is 0 Å². The topological polar surface area (TPSA) is 24.5 Å². The van der Waals surface area contributed by atoms with Crippen LogP contribution in [0, 0.1) is 0 Å². The van der Waals surface area contributed by atoms with Gasteiger partial charge in [-0.15, -0.1) is 0 Å². The molecule has 1 N–H and O–H groups in total. The Balaban J connectivity index is 1.90. The van der Waals surface area contributed by atoms with Gasteiger partial charge in [0.1, 0.15) is 0 Å². The van der Waals surface area contributed by atoms with Crippen LogP contribution in [0.5, 0.6) is 0 Å². The van der Waals surface area contributed by atoms with Gasteiger partial charge in [0.15, 0.2) is 0 Å². The van der Waals surface area contributed by atoms with Gasteiger partial charge in [-0.2, -0.15) is 0 Å². The van der Waals surface area contributed by atoms with E-state index in [1.54, 1.807) is 7.11 Å². The van der Waals surface area contributed by atoms with Crippen molar-refractivity contribution in [1.29, 1.82) is 0 Å². The Morgan fingerprint density at radius 2 is 2.08 bits per heavy atom. The normalized spacial score (nSPS) is 29.0. The zero-order valence-corrected chi connectivity index (χ0v) is 8.34. The molecule has 0 atom stereocenters. The van der Waals surface area contributed by atoms with Crippen molar-refractivity contribution in [3.63, 3.8) is 0 Å². The van der Waals surface area contributed by atoms with Crippen molar-refractivity contribution in [2.75, 3.05) is 34.3 Å². The van der Waals surface area contributed by atoms with Crippen LogP contribution < -0.4 is 5.32 Å². The molecule has 0 bridgehead atoms. The van der Waals surface area contributed by atoms with Gasteiger partial charge in [0, 0.05) is 26.2 Å². The highest BCUT2D eigenvalue weighted by Crippen LogP contribution is 2.21. The molecule has 0 aromatic carbocycles. The molecule has 0 heterocycles. The fourth-order valence-corrected chi connectivity index (χ4v) is 1.42. The van der Waals surface area contributed by atoms with E-state index in [2.05, 4.69) is 24.3 Å². The van der Waals surface area contributed by atoms with Gasteiger partial charge >= 0.3 is 0 Å². The summed E-state index contributed by atoms with van der Waals surface area (Å²) in [5.74, 6) is 0. The maximum absolute atomic E-state index is 5.19. The Kier molecular flexibility index (Phi) is 3.98. The molecular formula is C9H20N2O. The van der Waals surface area contributed by atoms with E-state index in [1.165, 1.54) is 12.8 Å². The molecule has 12 heavy (non-hydrogen) atoms. The lowest BCUT2D eigenvalue weighted by Crippen LogP contribution is -2.46. The highest BCUT2D eigenvalue weighted by atomic mass is 16.5. The van der Waals surface area contributed by atoms with Crippen LogP contribution in [0.3, 0.4) is 0 Å². The summed E-state index contributed by atoms with van der Waals surface area (Å²) in [5, 5.41) is 3.49. The average molecular weight is 172 g/mol. The summed E-state index contributed by atoms with van der Waals surface area (Å²) >= 11 is 0. The van der Waals surface area contributed by atoms with Crippen molar-refractivity contribution in [1.82, 2.24) is 10.2 Å². The first-order valence-electron chi connectivity index (χ1n) is 4.63. The number of ether oxygens (including phenoxy) is 1. The third-order valence-corrected chi connectivity index (χ3v) is 2.42. The SMILES string of the molecule is COC1CC(NCCN(C)C)C1. The molecule has 0 saturated heterocycles. The Morgan fingerprint density at radius 1 is 1.42 bits per heavy atom. The molecule has 0 radical (unpaired) electrons. The summed E-state index contributed by atoms with van der Waals surface area (Å²) < 4.78 is 5.19. The zero-order chi connectivity index (χ0) is 8.97. The highest BCUT2D eigenvalue weighted by molar-refractivity contribution is 4.85. The van der Waals surface area contributed by atoms with E-state index >= 15 is 0 Å². The molecular weight excluding hydrogens is 152 g/mol. The molecule has 1 fully saturated rings. The van der Waals surface area contributed by atoms with Gasteiger partial charge in [-0.05, 0) is 26.9 Å². The van der Waals surface area contributed by atoms with Crippen LogP contribution in [-0.2, 0) is 4.74 Å². The van der Waals surface area contributed by atoms with E-state index in [4.69, 9.17) is 4.74 Å². The second kappa shape index (κ2) is 4.80. The number of likely N-dealkylation sites (N-methyl/N-ethyl adjacent to an activating group) is 1. The molecule has 0 amide bonds. The van der Waals surface area contributed by atoms with Gasteiger partial charge in [0.2, 0.25) is 0 Å². The van der Waals surface area contributed by atoms with Crippen LogP contribution in [0.25, 0.3) is 0 Å². The number of hydrogen-bond donors (Lipinski definition) is 1. The standard InChI is InChI=1S/C9H20N2O/c1-11(2)5-4-10-8-6-9(7-8)12-3/h8-10H,4-7H2,1-3H3. The Labute approximate surface area is 75.1 Å². The summed E-state index contributed by atoms with van der Waals surface area (Å²) in [5.41, 5.74) is 0. The largest absolute Gasteiger partial charge is 0.381 e. The predicted molar refractivity (Wildman–Crippen MR) is 50.4 cm³/mol. The Hall–Kier alpha value is -0.120. The van der Waals surface area contributed by atoms with Crippen molar-refractivity contribution in [2.45, 2.75) is 25.0 Å². The van der Waals surface area contributed by atoms with Crippen LogP contribution in [0.4, 0.5) is 0 Å². The van der Waals surface area contributed by atoms with E-state index in [9.17, 15) is 0 Å². The molecule has 0 aromatic rings. The van der Waals surface area contributed by atoms with Gasteiger partial charge < -0.3 is 15.0 Å². The van der Waals surface area contributed by atoms with Gasteiger partial charge in [0.05, 0.1) is 6.10 Å². The monoisotopic (exact) mass is 172 g/mol. The van der Waals surface area contributed by atoms with Gasteiger partial charge in [-0.25, -0.2) is 0 Å². The summed E-state index contributed by atoms with van der Waals surface area (Å²) in [4.78, 5) is 2.19. The summed E-state index contributed by atoms with van der Waals surface area (Å²) in [7, 11) is 5.99. The molecule has 1 saturated carbocycles. The van der Waals surface area contributed by atoms with Crippen LogP contribution in [0.2, 0.25) is 0 Å². The molecule has 0 aromatic heterocycles. The molecule has 1 aliphatic rings. The molecule has 3 heteroatoms. The number of methoxy groups -OCH3 is 1. The average Bonchev–Trinajstić information content (AvgIpc) is 1.93. The van der Waals surface area contributed by atoms with Crippen LogP contribution in [-0.4, -0.2) is 51.3 Å². The lowest BCUT2D eigenvalue weighted by atomic mass is 9.89. The first kappa shape index (κ1) is 9.96. The number of nitrogens with one attached hydrogen (secondary N) is 1. The third kappa shape index (κ3) is 3.09. The Bertz CT molecular complexity index is 122. The van der Waals surface area contributed by atoms with E-state index in [-0.39, 0.29) is 0 Å². The van der Waals surface area contributed by atoms with Crippen molar-refractivity contribution in [3.8, 4) is 0 Å². The summed E-state index contributed by atoms with van der Waals surface area (Å²) in [6.45, 7) is 2.21. The molecule has 1 rings (SSSR count). The van der Waals surface area contributed by atoms with Gasteiger partial charge in [-0.3, -0.25) is 0 Å². The fourth-order valence-electron chi connectivity index (χ4n) is 1.42. The number of nitrogens with zero attached hydrogens (tertiary/aromatic N) is 1. The summed E-state index contributed by atoms with van der Waals surface area (Å²) in [6.07, 6.45) is 2.88. The minimum absolute atomic E-state index is 0.516. The van der Waals surface area contributed by atoms with Gasteiger partial charge in [-0.1, -0.05) is 0 Å². The molecule has 0 unspecified atom stereocenters. The highest BCUT2D eigenvalue weighted by Gasteiger charge is 2.27. The van der Waals surface area contributed by atoms with Crippen molar-refractivity contribution in [3.05, 3.63) is 0 Å². The minimum atomic E-state index is 0.516. The van der Waals surface area contributed by atoms with Crippen LogP contribution in [0.15, 0.2) is 0 Å². The lowest BCUT2D eigenvalue weighted by Gasteiger charge is -2.35. The summed E-state index contributed by atoms with van der Waals surface area (Å²) in [6, 6.07) is 0.704. The van der Waals surface area contributed by atoms with E-state index in [0.717, 1.165) is 13.1 Å².